The number of carbonyl (C=O) groups is 1. The molecule has 5 nitrogen and oxygen atoms in total. The van der Waals surface area contributed by atoms with E-state index in [0.29, 0.717) is 5.82 Å². The van der Waals surface area contributed by atoms with E-state index in [9.17, 15) is 4.79 Å². The Hall–Kier alpha value is -1.49. The molecule has 1 aromatic rings. The molecule has 2 rings (SSSR count). The minimum Gasteiger partial charge on any atom is -0.316 e. The number of amides is 1. The Balaban J connectivity index is 1.91. The van der Waals surface area contributed by atoms with Gasteiger partial charge in [-0.25, -0.2) is 4.98 Å². The zero-order chi connectivity index (χ0) is 10.5. The number of anilines is 1. The molecule has 5 heteroatoms. The number of aromatic nitrogens is 2. The molecule has 1 aliphatic heterocycles. The number of rotatable bonds is 2. The lowest BCUT2D eigenvalue weighted by Gasteiger charge is -2.21. The molecule has 2 N–H and O–H groups in total. The third-order valence-corrected chi connectivity index (χ3v) is 2.48. The Labute approximate surface area is 88.3 Å². The molecule has 0 aliphatic carbocycles. The molecule has 1 atom stereocenters. The van der Waals surface area contributed by atoms with Crippen LogP contribution in [-0.2, 0) is 4.79 Å². The predicted octanol–water partition coefficient (Wildman–Crippen LogP) is 0.415. The van der Waals surface area contributed by atoms with E-state index in [1.165, 1.54) is 0 Å². The van der Waals surface area contributed by atoms with Crippen molar-refractivity contribution in [1.29, 1.82) is 0 Å². The summed E-state index contributed by atoms with van der Waals surface area (Å²) in [5.74, 6) is 0.608. The molecule has 1 amide bonds. The van der Waals surface area contributed by atoms with Gasteiger partial charge in [0.05, 0.1) is 12.1 Å². The molecule has 1 aromatic heterocycles. The van der Waals surface area contributed by atoms with E-state index >= 15 is 0 Å². The molecular weight excluding hydrogens is 192 g/mol. The van der Waals surface area contributed by atoms with Crippen LogP contribution in [0.3, 0.4) is 0 Å². The normalized spacial score (nSPS) is 20.9. The van der Waals surface area contributed by atoms with Gasteiger partial charge in [0.15, 0.2) is 5.82 Å². The number of hydrogen-bond acceptors (Lipinski definition) is 4. The van der Waals surface area contributed by atoms with E-state index in [4.69, 9.17) is 0 Å². The van der Waals surface area contributed by atoms with Gasteiger partial charge in [0.2, 0.25) is 5.91 Å². The van der Waals surface area contributed by atoms with E-state index in [0.717, 1.165) is 25.9 Å². The number of hydrogen-bond donors (Lipinski definition) is 2. The van der Waals surface area contributed by atoms with E-state index in [1.807, 2.05) is 0 Å². The number of piperidine rings is 1. The minimum atomic E-state index is 0.0303. The van der Waals surface area contributed by atoms with E-state index in [2.05, 4.69) is 20.6 Å². The third kappa shape index (κ3) is 2.73. The van der Waals surface area contributed by atoms with Crippen molar-refractivity contribution < 1.29 is 4.79 Å². The summed E-state index contributed by atoms with van der Waals surface area (Å²) in [5, 5.41) is 5.96. The van der Waals surface area contributed by atoms with Gasteiger partial charge < -0.3 is 10.6 Å². The molecule has 1 fully saturated rings. The molecule has 0 spiro atoms. The van der Waals surface area contributed by atoms with Crippen molar-refractivity contribution in [3.63, 3.8) is 0 Å². The van der Waals surface area contributed by atoms with Crippen molar-refractivity contribution in [2.24, 2.45) is 5.92 Å². The summed E-state index contributed by atoms with van der Waals surface area (Å²) in [4.78, 5) is 19.6. The largest absolute Gasteiger partial charge is 0.316 e. The van der Waals surface area contributed by atoms with Gasteiger partial charge in [-0.3, -0.25) is 9.78 Å². The van der Waals surface area contributed by atoms with Gasteiger partial charge in [-0.05, 0) is 19.4 Å². The van der Waals surface area contributed by atoms with Crippen LogP contribution in [0.2, 0.25) is 0 Å². The van der Waals surface area contributed by atoms with Crippen LogP contribution in [0, 0.1) is 5.92 Å². The minimum absolute atomic E-state index is 0.0303. The first kappa shape index (κ1) is 10.0. The first-order valence-corrected chi connectivity index (χ1v) is 5.14. The second kappa shape index (κ2) is 4.84. The third-order valence-electron chi connectivity index (χ3n) is 2.48. The molecule has 0 bridgehead atoms. The highest BCUT2D eigenvalue weighted by molar-refractivity contribution is 5.91. The molecule has 1 aliphatic rings. The topological polar surface area (TPSA) is 66.9 Å². The monoisotopic (exact) mass is 206 g/mol. The van der Waals surface area contributed by atoms with Gasteiger partial charge in [-0.2, -0.15) is 0 Å². The van der Waals surface area contributed by atoms with Crippen molar-refractivity contribution in [3.8, 4) is 0 Å². The maximum absolute atomic E-state index is 11.7. The SMILES string of the molecule is O=C(Nc1cnccn1)[C@@H]1CCCNC1. The highest BCUT2D eigenvalue weighted by Crippen LogP contribution is 2.12. The zero-order valence-corrected chi connectivity index (χ0v) is 8.44. The molecule has 2 heterocycles. The van der Waals surface area contributed by atoms with Crippen LogP contribution in [0.1, 0.15) is 12.8 Å². The number of nitrogens with zero attached hydrogens (tertiary/aromatic N) is 2. The van der Waals surface area contributed by atoms with Crippen LogP contribution >= 0.6 is 0 Å². The Morgan fingerprint density at radius 2 is 2.47 bits per heavy atom. The van der Waals surface area contributed by atoms with Crippen LogP contribution in [-0.4, -0.2) is 29.0 Å². The van der Waals surface area contributed by atoms with Crippen LogP contribution < -0.4 is 10.6 Å². The van der Waals surface area contributed by atoms with Gasteiger partial charge in [0.1, 0.15) is 0 Å². The molecular formula is C10H14N4O. The average molecular weight is 206 g/mol. The van der Waals surface area contributed by atoms with Crippen LogP contribution in [0.4, 0.5) is 5.82 Å². The van der Waals surface area contributed by atoms with Gasteiger partial charge in [-0.1, -0.05) is 0 Å². The first-order chi connectivity index (χ1) is 7.36. The fourth-order valence-electron chi connectivity index (χ4n) is 1.67. The lowest BCUT2D eigenvalue weighted by molar-refractivity contribution is -0.120. The Bertz CT molecular complexity index is 321. The molecule has 0 aromatic carbocycles. The highest BCUT2D eigenvalue weighted by Gasteiger charge is 2.20. The smallest absolute Gasteiger partial charge is 0.229 e. The zero-order valence-electron chi connectivity index (χ0n) is 8.44. The molecule has 1 saturated heterocycles. The molecule has 0 unspecified atom stereocenters. The molecule has 15 heavy (non-hydrogen) atoms. The molecule has 0 radical (unpaired) electrons. The maximum Gasteiger partial charge on any atom is 0.229 e. The van der Waals surface area contributed by atoms with Crippen molar-refractivity contribution >= 4 is 11.7 Å². The summed E-state index contributed by atoms with van der Waals surface area (Å²) in [7, 11) is 0. The summed E-state index contributed by atoms with van der Waals surface area (Å²) in [5.41, 5.74) is 0. The Morgan fingerprint density at radius 1 is 1.53 bits per heavy atom. The summed E-state index contributed by atoms with van der Waals surface area (Å²) in [6.07, 6.45) is 6.69. The summed E-state index contributed by atoms with van der Waals surface area (Å²) in [6.45, 7) is 1.76. The average Bonchev–Trinajstić information content (AvgIpc) is 2.31. The molecule has 0 saturated carbocycles. The predicted molar refractivity (Wildman–Crippen MR) is 56.3 cm³/mol. The van der Waals surface area contributed by atoms with Crippen molar-refractivity contribution in [2.75, 3.05) is 18.4 Å². The van der Waals surface area contributed by atoms with Crippen molar-refractivity contribution in [1.82, 2.24) is 15.3 Å². The standard InChI is InChI=1S/C10H14N4O/c15-10(8-2-1-3-11-6-8)14-9-7-12-4-5-13-9/h4-5,7-8,11H,1-3,6H2,(H,13,14,15)/t8-/m1/s1. The van der Waals surface area contributed by atoms with Crippen molar-refractivity contribution in [2.45, 2.75) is 12.8 Å². The van der Waals surface area contributed by atoms with Gasteiger partial charge in [0, 0.05) is 18.9 Å². The molecule has 80 valence electrons. The fourth-order valence-corrected chi connectivity index (χ4v) is 1.67. The quantitative estimate of drug-likeness (QED) is 0.735. The number of nitrogens with one attached hydrogen (secondary N) is 2. The van der Waals surface area contributed by atoms with Gasteiger partial charge in [0.25, 0.3) is 0 Å². The van der Waals surface area contributed by atoms with Gasteiger partial charge in [-0.15, -0.1) is 0 Å². The van der Waals surface area contributed by atoms with Gasteiger partial charge >= 0.3 is 0 Å². The summed E-state index contributed by atoms with van der Waals surface area (Å²) >= 11 is 0. The maximum atomic E-state index is 11.7. The lowest BCUT2D eigenvalue weighted by atomic mass is 9.99. The van der Waals surface area contributed by atoms with E-state index < -0.39 is 0 Å². The Morgan fingerprint density at radius 3 is 3.13 bits per heavy atom. The highest BCUT2D eigenvalue weighted by atomic mass is 16.2. The van der Waals surface area contributed by atoms with Crippen LogP contribution in [0.5, 0.6) is 0 Å². The first-order valence-electron chi connectivity index (χ1n) is 5.14. The van der Waals surface area contributed by atoms with Crippen LogP contribution in [0.15, 0.2) is 18.6 Å². The number of carbonyl (C=O) groups excluding carboxylic acids is 1. The second-order valence-electron chi connectivity index (χ2n) is 3.62. The Kier molecular flexibility index (Phi) is 3.24. The second-order valence-corrected chi connectivity index (χ2v) is 3.62. The fraction of sp³-hybridized carbons (Fsp3) is 0.500. The van der Waals surface area contributed by atoms with Crippen molar-refractivity contribution in [3.05, 3.63) is 18.6 Å². The van der Waals surface area contributed by atoms with E-state index in [-0.39, 0.29) is 11.8 Å². The van der Waals surface area contributed by atoms with Crippen LogP contribution in [0.25, 0.3) is 0 Å². The lowest BCUT2D eigenvalue weighted by Crippen LogP contribution is -2.37. The summed E-state index contributed by atoms with van der Waals surface area (Å²) in [6, 6.07) is 0. The summed E-state index contributed by atoms with van der Waals surface area (Å²) < 4.78 is 0. The van der Waals surface area contributed by atoms with E-state index in [1.54, 1.807) is 18.6 Å².